The van der Waals surface area contributed by atoms with Gasteiger partial charge in [-0.1, -0.05) is 35.3 Å². The molecule has 1 amide bonds. The van der Waals surface area contributed by atoms with Gasteiger partial charge in [-0.05, 0) is 47.0 Å². The van der Waals surface area contributed by atoms with E-state index in [1.807, 2.05) is 0 Å². The predicted molar refractivity (Wildman–Crippen MR) is 111 cm³/mol. The Morgan fingerprint density at radius 2 is 2.04 bits per heavy atom. The second-order valence-electron chi connectivity index (χ2n) is 6.09. The van der Waals surface area contributed by atoms with Crippen LogP contribution in [0.2, 0.25) is 10.0 Å². The fraction of sp³-hybridized carbons (Fsp3) is 0.211. The number of nitrogens with one attached hydrogen (secondary N) is 1. The first-order chi connectivity index (χ1) is 12.6. The number of amides is 1. The summed E-state index contributed by atoms with van der Waals surface area (Å²) in [6.07, 6.45) is 0.972. The third-order valence-corrected chi connectivity index (χ3v) is 7.19. The first kappa shape index (κ1) is 18.0. The number of fused-ring (bicyclic) bond motifs is 1. The number of benzene rings is 1. The van der Waals surface area contributed by atoms with Crippen LogP contribution in [0.3, 0.4) is 0 Å². The number of anilines is 1. The van der Waals surface area contributed by atoms with Gasteiger partial charge in [-0.2, -0.15) is 0 Å². The van der Waals surface area contributed by atoms with Crippen molar-refractivity contribution in [1.29, 1.82) is 0 Å². The molecule has 0 saturated heterocycles. The van der Waals surface area contributed by atoms with Crippen LogP contribution in [0.25, 0.3) is 0 Å². The highest BCUT2D eigenvalue weighted by atomic mass is 35.5. The largest absolute Gasteiger partial charge is 0.324 e. The van der Waals surface area contributed by atoms with E-state index in [9.17, 15) is 4.79 Å². The molecule has 0 unspecified atom stereocenters. The van der Waals surface area contributed by atoms with Crippen molar-refractivity contribution in [3.63, 3.8) is 0 Å². The molecule has 0 radical (unpaired) electrons. The summed E-state index contributed by atoms with van der Waals surface area (Å²) in [5.41, 5.74) is 1.86. The third kappa shape index (κ3) is 3.55. The zero-order valence-corrected chi connectivity index (χ0v) is 16.9. The average molecular weight is 423 g/mol. The van der Waals surface area contributed by atoms with Crippen LogP contribution in [0.1, 0.15) is 21.4 Å². The smallest absolute Gasteiger partial charge is 0.238 e. The summed E-state index contributed by atoms with van der Waals surface area (Å²) in [5.74, 6) is -0.0885. The molecule has 0 fully saturated rings. The minimum absolute atomic E-state index is 0.0885. The Balaban J connectivity index is 1.55. The van der Waals surface area contributed by atoms with Crippen LogP contribution >= 0.6 is 45.9 Å². The van der Waals surface area contributed by atoms with Crippen molar-refractivity contribution in [3.05, 3.63) is 72.5 Å². The molecule has 0 saturated carbocycles. The standard InChI is InChI=1S/C19H16Cl2N2OS2/c20-13-3-1-4-14(18(13)21)22-17(24)11-23-8-6-15-12(7-10-26-15)19(23)16-5-2-9-25-16/h1-5,7,9-10,19H,6,8,11H2,(H,22,24)/t19-/m0/s1. The van der Waals surface area contributed by atoms with Crippen LogP contribution in [-0.4, -0.2) is 23.9 Å². The second kappa shape index (κ2) is 7.71. The molecule has 3 heterocycles. The number of carbonyl (C=O) groups is 1. The van der Waals surface area contributed by atoms with Crippen LogP contribution in [0.15, 0.2) is 47.2 Å². The van der Waals surface area contributed by atoms with Gasteiger partial charge in [0.25, 0.3) is 0 Å². The number of nitrogens with zero attached hydrogens (tertiary/aromatic N) is 1. The highest BCUT2D eigenvalue weighted by Gasteiger charge is 2.31. The van der Waals surface area contributed by atoms with Crippen molar-refractivity contribution in [1.82, 2.24) is 4.90 Å². The quantitative estimate of drug-likeness (QED) is 0.584. The van der Waals surface area contributed by atoms with E-state index in [-0.39, 0.29) is 11.9 Å². The SMILES string of the molecule is O=C(CN1CCc2sccc2[C@H]1c1cccs1)Nc1cccc(Cl)c1Cl. The van der Waals surface area contributed by atoms with Crippen LogP contribution < -0.4 is 5.32 Å². The topological polar surface area (TPSA) is 32.3 Å². The molecule has 1 aromatic carbocycles. The minimum Gasteiger partial charge on any atom is -0.324 e. The van der Waals surface area contributed by atoms with Gasteiger partial charge in [-0.15, -0.1) is 22.7 Å². The number of hydrogen-bond donors (Lipinski definition) is 1. The van der Waals surface area contributed by atoms with E-state index in [0.29, 0.717) is 22.3 Å². The molecule has 0 aliphatic carbocycles. The van der Waals surface area contributed by atoms with E-state index < -0.39 is 0 Å². The summed E-state index contributed by atoms with van der Waals surface area (Å²) >= 11 is 15.7. The maximum Gasteiger partial charge on any atom is 0.238 e. The lowest BCUT2D eigenvalue weighted by atomic mass is 9.98. The van der Waals surface area contributed by atoms with Gasteiger partial charge in [0.15, 0.2) is 0 Å². The molecule has 3 aromatic rings. The lowest BCUT2D eigenvalue weighted by molar-refractivity contribution is -0.117. The minimum atomic E-state index is -0.0885. The summed E-state index contributed by atoms with van der Waals surface area (Å²) in [4.78, 5) is 17.6. The normalized spacial score (nSPS) is 17.1. The van der Waals surface area contributed by atoms with Crippen molar-refractivity contribution in [2.75, 3.05) is 18.4 Å². The lowest BCUT2D eigenvalue weighted by Gasteiger charge is -2.34. The highest BCUT2D eigenvalue weighted by Crippen LogP contribution is 2.39. The molecule has 134 valence electrons. The molecular weight excluding hydrogens is 407 g/mol. The van der Waals surface area contributed by atoms with Gasteiger partial charge in [-0.3, -0.25) is 9.69 Å². The molecule has 26 heavy (non-hydrogen) atoms. The number of rotatable bonds is 4. The average Bonchev–Trinajstić information content (AvgIpc) is 3.30. The monoisotopic (exact) mass is 422 g/mol. The summed E-state index contributed by atoms with van der Waals surface area (Å²) in [5, 5.41) is 7.92. The Hall–Kier alpha value is -1.37. The lowest BCUT2D eigenvalue weighted by Crippen LogP contribution is -2.40. The third-order valence-electron chi connectivity index (χ3n) is 4.45. The molecule has 0 bridgehead atoms. The summed E-state index contributed by atoms with van der Waals surface area (Å²) in [7, 11) is 0. The number of hydrogen-bond acceptors (Lipinski definition) is 4. The molecule has 1 aliphatic heterocycles. The van der Waals surface area contributed by atoms with Gasteiger partial charge < -0.3 is 5.32 Å². The molecule has 1 N–H and O–H groups in total. The summed E-state index contributed by atoms with van der Waals surface area (Å²) in [6.45, 7) is 1.16. The zero-order chi connectivity index (χ0) is 18.1. The molecule has 3 nitrogen and oxygen atoms in total. The van der Waals surface area contributed by atoms with Gasteiger partial charge in [0.2, 0.25) is 5.91 Å². The molecule has 4 rings (SSSR count). The van der Waals surface area contributed by atoms with Crippen molar-refractivity contribution >= 4 is 57.5 Å². The first-order valence-corrected chi connectivity index (χ1v) is 10.7. The van der Waals surface area contributed by atoms with Crippen LogP contribution in [0.4, 0.5) is 5.69 Å². The molecule has 2 aromatic heterocycles. The maximum atomic E-state index is 12.7. The van der Waals surface area contributed by atoms with Gasteiger partial charge in [0, 0.05) is 16.3 Å². The number of carbonyl (C=O) groups excluding carboxylic acids is 1. The van der Waals surface area contributed by atoms with E-state index in [0.717, 1.165) is 13.0 Å². The van der Waals surface area contributed by atoms with E-state index >= 15 is 0 Å². The van der Waals surface area contributed by atoms with Crippen LogP contribution in [0.5, 0.6) is 0 Å². The van der Waals surface area contributed by atoms with E-state index in [4.69, 9.17) is 23.2 Å². The van der Waals surface area contributed by atoms with E-state index in [1.165, 1.54) is 15.3 Å². The maximum absolute atomic E-state index is 12.7. The number of thiophene rings is 2. The molecule has 7 heteroatoms. The van der Waals surface area contributed by atoms with E-state index in [2.05, 4.69) is 39.2 Å². The summed E-state index contributed by atoms with van der Waals surface area (Å²) < 4.78 is 0. The Morgan fingerprint density at radius 1 is 1.15 bits per heavy atom. The molecule has 1 aliphatic rings. The van der Waals surface area contributed by atoms with Gasteiger partial charge in [-0.25, -0.2) is 0 Å². The Kier molecular flexibility index (Phi) is 5.34. The summed E-state index contributed by atoms with van der Waals surface area (Å²) in [6, 6.07) is 11.8. The van der Waals surface area contributed by atoms with Crippen molar-refractivity contribution in [2.45, 2.75) is 12.5 Å². The zero-order valence-electron chi connectivity index (χ0n) is 13.7. The predicted octanol–water partition coefficient (Wildman–Crippen LogP) is 5.70. The molecule has 0 spiro atoms. The molecule has 1 atom stereocenters. The van der Waals surface area contributed by atoms with Gasteiger partial charge >= 0.3 is 0 Å². The van der Waals surface area contributed by atoms with Crippen molar-refractivity contribution in [2.24, 2.45) is 0 Å². The van der Waals surface area contributed by atoms with Crippen LogP contribution in [-0.2, 0) is 11.2 Å². The first-order valence-electron chi connectivity index (χ1n) is 8.21. The van der Waals surface area contributed by atoms with Gasteiger partial charge in [0.05, 0.1) is 28.3 Å². The highest BCUT2D eigenvalue weighted by molar-refractivity contribution is 7.10. The fourth-order valence-corrected chi connectivity index (χ4v) is 5.42. The molecular formula is C19H16Cl2N2OS2. The van der Waals surface area contributed by atoms with Crippen molar-refractivity contribution < 1.29 is 4.79 Å². The second-order valence-corrected chi connectivity index (χ2v) is 8.85. The Labute approximate surface area is 170 Å². The van der Waals surface area contributed by atoms with Crippen molar-refractivity contribution in [3.8, 4) is 0 Å². The van der Waals surface area contributed by atoms with Crippen LogP contribution in [0, 0.1) is 0 Å². The Bertz CT molecular complexity index is 924. The number of halogens is 2. The van der Waals surface area contributed by atoms with Gasteiger partial charge in [0.1, 0.15) is 0 Å². The fourth-order valence-electron chi connectivity index (χ4n) is 3.29. The van der Waals surface area contributed by atoms with E-state index in [1.54, 1.807) is 40.9 Å². The Morgan fingerprint density at radius 3 is 2.85 bits per heavy atom.